The van der Waals surface area contributed by atoms with Crippen LogP contribution in [0.4, 0.5) is 0 Å². The zero-order valence-corrected chi connectivity index (χ0v) is 8.06. The van der Waals surface area contributed by atoms with Crippen molar-refractivity contribution in [2.45, 2.75) is 12.5 Å². The summed E-state index contributed by atoms with van der Waals surface area (Å²) in [5.41, 5.74) is 1.04. The average Bonchev–Trinajstić information content (AvgIpc) is 2.69. The topological polar surface area (TPSA) is 62.1 Å². The number of amides is 1. The van der Waals surface area contributed by atoms with Gasteiger partial charge in [-0.15, -0.1) is 0 Å². The standard InChI is InChI=1S/C11H10N2O2/c12-5-6-13-11(14)10-7-8-3-1-2-4-9(8)15-10/h1-4,10H,6-7H2,(H,13,14). The van der Waals surface area contributed by atoms with E-state index in [-0.39, 0.29) is 12.5 Å². The van der Waals surface area contributed by atoms with Crippen LogP contribution in [0.25, 0.3) is 0 Å². The summed E-state index contributed by atoms with van der Waals surface area (Å²) in [6, 6.07) is 9.42. The molecule has 1 aliphatic heterocycles. The molecule has 76 valence electrons. The number of ether oxygens (including phenoxy) is 1. The molecule has 0 saturated carbocycles. The van der Waals surface area contributed by atoms with Gasteiger partial charge in [-0.25, -0.2) is 0 Å². The molecule has 0 spiro atoms. The summed E-state index contributed by atoms with van der Waals surface area (Å²) in [6.45, 7) is 0.0229. The SMILES string of the molecule is N#CCNC(=O)C1Cc2ccccc2O1. The van der Waals surface area contributed by atoms with Crippen LogP contribution in [-0.2, 0) is 11.2 Å². The normalized spacial score (nSPS) is 17.4. The van der Waals surface area contributed by atoms with Crippen LogP contribution in [0.5, 0.6) is 5.75 Å². The van der Waals surface area contributed by atoms with Crippen LogP contribution in [0.2, 0.25) is 0 Å². The van der Waals surface area contributed by atoms with Gasteiger partial charge in [0.05, 0.1) is 6.07 Å². The minimum Gasteiger partial charge on any atom is -0.480 e. The van der Waals surface area contributed by atoms with E-state index in [0.29, 0.717) is 6.42 Å². The fraction of sp³-hybridized carbons (Fsp3) is 0.273. The summed E-state index contributed by atoms with van der Waals surface area (Å²) in [7, 11) is 0. The number of hydrogen-bond acceptors (Lipinski definition) is 3. The van der Waals surface area contributed by atoms with E-state index in [0.717, 1.165) is 11.3 Å². The third kappa shape index (κ3) is 1.91. The summed E-state index contributed by atoms with van der Waals surface area (Å²) in [4.78, 5) is 11.5. The minimum atomic E-state index is -0.490. The molecular formula is C11H10N2O2. The summed E-state index contributed by atoms with van der Waals surface area (Å²) < 4.78 is 5.44. The summed E-state index contributed by atoms with van der Waals surface area (Å²) >= 11 is 0. The van der Waals surface area contributed by atoms with E-state index in [1.165, 1.54) is 0 Å². The van der Waals surface area contributed by atoms with Gasteiger partial charge in [0.25, 0.3) is 5.91 Å². The molecule has 4 heteroatoms. The average molecular weight is 202 g/mol. The molecule has 1 N–H and O–H groups in total. The maximum Gasteiger partial charge on any atom is 0.262 e. The van der Waals surface area contributed by atoms with E-state index < -0.39 is 6.10 Å². The number of carbonyl (C=O) groups excluding carboxylic acids is 1. The lowest BCUT2D eigenvalue weighted by Gasteiger charge is -2.08. The van der Waals surface area contributed by atoms with Crippen molar-refractivity contribution in [2.75, 3.05) is 6.54 Å². The largest absolute Gasteiger partial charge is 0.480 e. The number of nitrogens with zero attached hydrogens (tertiary/aromatic N) is 1. The van der Waals surface area contributed by atoms with Crippen molar-refractivity contribution < 1.29 is 9.53 Å². The highest BCUT2D eigenvalue weighted by Crippen LogP contribution is 2.27. The molecule has 0 fully saturated rings. The van der Waals surface area contributed by atoms with E-state index in [9.17, 15) is 4.79 Å². The highest BCUT2D eigenvalue weighted by atomic mass is 16.5. The van der Waals surface area contributed by atoms with Crippen molar-refractivity contribution >= 4 is 5.91 Å². The van der Waals surface area contributed by atoms with Crippen molar-refractivity contribution in [1.82, 2.24) is 5.32 Å². The van der Waals surface area contributed by atoms with Gasteiger partial charge in [0.15, 0.2) is 6.10 Å². The molecule has 0 saturated heterocycles. The van der Waals surface area contributed by atoms with Crippen molar-refractivity contribution in [3.05, 3.63) is 29.8 Å². The lowest BCUT2D eigenvalue weighted by atomic mass is 10.1. The van der Waals surface area contributed by atoms with E-state index in [4.69, 9.17) is 10.00 Å². The van der Waals surface area contributed by atoms with Gasteiger partial charge in [-0.3, -0.25) is 4.79 Å². The van der Waals surface area contributed by atoms with E-state index >= 15 is 0 Å². The Balaban J connectivity index is 2.01. The first-order chi connectivity index (χ1) is 7.31. The monoisotopic (exact) mass is 202 g/mol. The molecule has 1 unspecified atom stereocenters. The van der Waals surface area contributed by atoms with Crippen LogP contribution in [-0.4, -0.2) is 18.6 Å². The number of nitrogens with one attached hydrogen (secondary N) is 1. The zero-order chi connectivity index (χ0) is 10.7. The molecule has 0 aromatic heterocycles. The number of carbonyl (C=O) groups is 1. The maximum atomic E-state index is 11.5. The molecule has 1 aliphatic rings. The predicted molar refractivity (Wildman–Crippen MR) is 53.2 cm³/mol. The Kier molecular flexibility index (Phi) is 2.55. The van der Waals surface area contributed by atoms with Crippen molar-refractivity contribution in [1.29, 1.82) is 5.26 Å². The number of fused-ring (bicyclic) bond motifs is 1. The molecule has 1 amide bonds. The molecule has 4 nitrogen and oxygen atoms in total. The second kappa shape index (κ2) is 4.01. The molecule has 2 rings (SSSR count). The molecule has 1 atom stereocenters. The number of benzene rings is 1. The Morgan fingerprint density at radius 3 is 3.13 bits per heavy atom. The zero-order valence-electron chi connectivity index (χ0n) is 8.06. The smallest absolute Gasteiger partial charge is 0.262 e. The van der Waals surface area contributed by atoms with Gasteiger partial charge in [-0.2, -0.15) is 5.26 Å². The maximum absolute atomic E-state index is 11.5. The van der Waals surface area contributed by atoms with Gasteiger partial charge in [0.1, 0.15) is 12.3 Å². The number of para-hydroxylation sites is 1. The Bertz CT molecular complexity index is 398. The van der Waals surface area contributed by atoms with Crippen LogP contribution in [0.1, 0.15) is 5.56 Å². The summed E-state index contributed by atoms with van der Waals surface area (Å²) in [5, 5.41) is 10.8. The van der Waals surface area contributed by atoms with E-state index in [2.05, 4.69) is 5.32 Å². The van der Waals surface area contributed by atoms with Gasteiger partial charge < -0.3 is 10.1 Å². The van der Waals surface area contributed by atoms with E-state index in [1.54, 1.807) is 0 Å². The summed E-state index contributed by atoms with van der Waals surface area (Å²) in [5.74, 6) is 0.530. The molecule has 15 heavy (non-hydrogen) atoms. The second-order valence-electron chi connectivity index (χ2n) is 3.29. The van der Waals surface area contributed by atoms with Gasteiger partial charge in [0.2, 0.25) is 0 Å². The fourth-order valence-corrected chi connectivity index (χ4v) is 1.57. The third-order valence-electron chi connectivity index (χ3n) is 2.28. The molecule has 1 aromatic rings. The van der Waals surface area contributed by atoms with Crippen LogP contribution >= 0.6 is 0 Å². The van der Waals surface area contributed by atoms with Crippen LogP contribution in [0.15, 0.2) is 24.3 Å². The van der Waals surface area contributed by atoms with Gasteiger partial charge >= 0.3 is 0 Å². The van der Waals surface area contributed by atoms with Crippen LogP contribution < -0.4 is 10.1 Å². The first kappa shape index (κ1) is 9.53. The van der Waals surface area contributed by atoms with Crippen LogP contribution in [0, 0.1) is 11.3 Å². The Labute approximate surface area is 87.5 Å². The predicted octanol–water partition coefficient (Wildman–Crippen LogP) is 0.630. The highest BCUT2D eigenvalue weighted by molar-refractivity contribution is 5.82. The quantitative estimate of drug-likeness (QED) is 0.715. The molecule has 0 radical (unpaired) electrons. The minimum absolute atomic E-state index is 0.0229. The van der Waals surface area contributed by atoms with Gasteiger partial charge in [-0.1, -0.05) is 18.2 Å². The number of rotatable bonds is 2. The van der Waals surface area contributed by atoms with E-state index in [1.807, 2.05) is 30.3 Å². The summed E-state index contributed by atoms with van der Waals surface area (Å²) in [6.07, 6.45) is 0.0868. The fourth-order valence-electron chi connectivity index (χ4n) is 1.57. The Morgan fingerprint density at radius 2 is 2.40 bits per heavy atom. The molecule has 1 aromatic carbocycles. The second-order valence-corrected chi connectivity index (χ2v) is 3.29. The molecule has 0 aliphatic carbocycles. The first-order valence-electron chi connectivity index (χ1n) is 4.70. The lowest BCUT2D eigenvalue weighted by molar-refractivity contribution is -0.126. The first-order valence-corrected chi connectivity index (χ1v) is 4.70. The van der Waals surface area contributed by atoms with Gasteiger partial charge in [0, 0.05) is 6.42 Å². The molecular weight excluding hydrogens is 192 g/mol. The Morgan fingerprint density at radius 1 is 1.60 bits per heavy atom. The third-order valence-corrected chi connectivity index (χ3v) is 2.28. The number of nitriles is 1. The van der Waals surface area contributed by atoms with Crippen molar-refractivity contribution in [2.24, 2.45) is 0 Å². The Hall–Kier alpha value is -2.02. The lowest BCUT2D eigenvalue weighted by Crippen LogP contribution is -2.37. The highest BCUT2D eigenvalue weighted by Gasteiger charge is 2.28. The molecule has 0 bridgehead atoms. The van der Waals surface area contributed by atoms with Crippen LogP contribution in [0.3, 0.4) is 0 Å². The molecule has 1 heterocycles. The van der Waals surface area contributed by atoms with Crippen molar-refractivity contribution in [3.8, 4) is 11.8 Å². The van der Waals surface area contributed by atoms with Crippen molar-refractivity contribution in [3.63, 3.8) is 0 Å². The number of hydrogen-bond donors (Lipinski definition) is 1. The van der Waals surface area contributed by atoms with Gasteiger partial charge in [-0.05, 0) is 11.6 Å².